The van der Waals surface area contributed by atoms with Crippen molar-refractivity contribution < 1.29 is 9.18 Å². The lowest BCUT2D eigenvalue weighted by Gasteiger charge is -2.06. The Balaban J connectivity index is 1.98. The van der Waals surface area contributed by atoms with Gasteiger partial charge in [0.1, 0.15) is 5.82 Å². The third-order valence-corrected chi connectivity index (χ3v) is 2.94. The fraction of sp³-hybridized carbons (Fsp3) is 0.0714. The van der Waals surface area contributed by atoms with Gasteiger partial charge in [-0.3, -0.25) is 4.79 Å². The Hall–Kier alpha value is -1.68. The van der Waals surface area contributed by atoms with Crippen LogP contribution in [0, 0.1) is 5.82 Å². The van der Waals surface area contributed by atoms with Crippen LogP contribution in [0.1, 0.15) is 10.4 Å². The van der Waals surface area contributed by atoms with Gasteiger partial charge in [0.05, 0.1) is 6.54 Å². The molecule has 0 aliphatic rings. The molecule has 92 valence electrons. The van der Waals surface area contributed by atoms with Crippen LogP contribution in [-0.4, -0.2) is 12.3 Å². The highest BCUT2D eigenvalue weighted by molar-refractivity contribution is 9.10. The minimum atomic E-state index is -0.341. The first-order valence-corrected chi connectivity index (χ1v) is 6.22. The molecular weight excluding hydrogens is 297 g/mol. The van der Waals surface area contributed by atoms with Crippen molar-refractivity contribution in [3.8, 4) is 0 Å². The van der Waals surface area contributed by atoms with Crippen LogP contribution in [0.5, 0.6) is 0 Å². The number of anilines is 1. The van der Waals surface area contributed by atoms with Crippen LogP contribution >= 0.6 is 15.9 Å². The smallest absolute Gasteiger partial charge is 0.181 e. The maximum atomic E-state index is 12.7. The molecule has 0 saturated heterocycles. The van der Waals surface area contributed by atoms with E-state index in [-0.39, 0.29) is 18.1 Å². The van der Waals surface area contributed by atoms with E-state index < -0.39 is 0 Å². The molecule has 2 rings (SSSR count). The van der Waals surface area contributed by atoms with E-state index in [1.165, 1.54) is 24.3 Å². The number of carbonyl (C=O) groups excluding carboxylic acids is 1. The van der Waals surface area contributed by atoms with Crippen molar-refractivity contribution in [2.45, 2.75) is 0 Å². The van der Waals surface area contributed by atoms with Crippen LogP contribution in [0.15, 0.2) is 53.0 Å². The average molecular weight is 308 g/mol. The molecule has 0 saturated carbocycles. The minimum Gasteiger partial charge on any atom is -0.378 e. The molecule has 0 aliphatic heterocycles. The first-order valence-electron chi connectivity index (χ1n) is 5.43. The molecule has 0 aliphatic carbocycles. The van der Waals surface area contributed by atoms with Crippen molar-refractivity contribution >= 4 is 27.4 Å². The van der Waals surface area contributed by atoms with Gasteiger partial charge in [0.25, 0.3) is 0 Å². The summed E-state index contributed by atoms with van der Waals surface area (Å²) in [6.07, 6.45) is 0. The van der Waals surface area contributed by atoms with Gasteiger partial charge in [0.2, 0.25) is 0 Å². The molecule has 0 aromatic heterocycles. The summed E-state index contributed by atoms with van der Waals surface area (Å²) in [6.45, 7) is 0.183. The molecule has 2 aromatic rings. The molecule has 18 heavy (non-hydrogen) atoms. The highest BCUT2D eigenvalue weighted by atomic mass is 79.9. The summed E-state index contributed by atoms with van der Waals surface area (Å²) >= 11 is 3.36. The van der Waals surface area contributed by atoms with E-state index in [0.29, 0.717) is 5.56 Å². The molecular formula is C14H11BrFNO. The monoisotopic (exact) mass is 307 g/mol. The Morgan fingerprint density at radius 3 is 2.56 bits per heavy atom. The van der Waals surface area contributed by atoms with Crippen molar-refractivity contribution in [2.24, 2.45) is 0 Å². The van der Waals surface area contributed by atoms with Crippen LogP contribution in [0.4, 0.5) is 10.1 Å². The minimum absolute atomic E-state index is 0.0741. The highest BCUT2D eigenvalue weighted by Crippen LogP contribution is 2.15. The normalized spacial score (nSPS) is 10.1. The summed E-state index contributed by atoms with van der Waals surface area (Å²) in [5.74, 6) is -0.415. The van der Waals surface area contributed by atoms with Crippen LogP contribution < -0.4 is 5.32 Å². The zero-order valence-corrected chi connectivity index (χ0v) is 11.1. The number of benzene rings is 2. The maximum Gasteiger partial charge on any atom is 0.181 e. The lowest BCUT2D eigenvalue weighted by atomic mass is 10.1. The zero-order chi connectivity index (χ0) is 13.0. The SMILES string of the molecule is O=C(CNc1cccc(Br)c1)c1ccc(F)cc1. The number of rotatable bonds is 4. The standard InChI is InChI=1S/C14H11BrFNO/c15-11-2-1-3-13(8-11)17-9-14(18)10-4-6-12(16)7-5-10/h1-8,17H,9H2. The molecule has 0 amide bonds. The largest absolute Gasteiger partial charge is 0.378 e. The summed E-state index contributed by atoms with van der Waals surface area (Å²) in [6, 6.07) is 13.1. The van der Waals surface area contributed by atoms with E-state index in [0.717, 1.165) is 10.2 Å². The molecule has 0 bridgehead atoms. The van der Waals surface area contributed by atoms with Crippen LogP contribution in [0.2, 0.25) is 0 Å². The van der Waals surface area contributed by atoms with Crippen molar-refractivity contribution in [3.05, 3.63) is 64.4 Å². The molecule has 2 nitrogen and oxygen atoms in total. The number of hydrogen-bond donors (Lipinski definition) is 1. The number of hydrogen-bond acceptors (Lipinski definition) is 2. The predicted molar refractivity (Wildman–Crippen MR) is 73.4 cm³/mol. The number of nitrogens with one attached hydrogen (secondary N) is 1. The average Bonchev–Trinajstić information content (AvgIpc) is 2.37. The van der Waals surface area contributed by atoms with Gasteiger partial charge in [-0.15, -0.1) is 0 Å². The van der Waals surface area contributed by atoms with Gasteiger partial charge in [-0.1, -0.05) is 22.0 Å². The van der Waals surface area contributed by atoms with E-state index in [1.54, 1.807) is 0 Å². The van der Waals surface area contributed by atoms with Crippen LogP contribution in [0.3, 0.4) is 0 Å². The van der Waals surface area contributed by atoms with E-state index >= 15 is 0 Å². The van der Waals surface area contributed by atoms with Gasteiger partial charge in [-0.25, -0.2) is 4.39 Å². The first-order chi connectivity index (χ1) is 8.65. The van der Waals surface area contributed by atoms with E-state index in [4.69, 9.17) is 0 Å². The topological polar surface area (TPSA) is 29.1 Å². The Morgan fingerprint density at radius 2 is 1.89 bits per heavy atom. The van der Waals surface area contributed by atoms with Gasteiger partial charge >= 0.3 is 0 Å². The molecule has 0 heterocycles. The Kier molecular flexibility index (Phi) is 4.10. The highest BCUT2D eigenvalue weighted by Gasteiger charge is 2.05. The quantitative estimate of drug-likeness (QED) is 0.868. The molecule has 0 unspecified atom stereocenters. The third-order valence-electron chi connectivity index (χ3n) is 2.44. The fourth-order valence-electron chi connectivity index (χ4n) is 1.52. The van der Waals surface area contributed by atoms with E-state index in [1.807, 2.05) is 24.3 Å². The summed E-state index contributed by atoms with van der Waals surface area (Å²) in [7, 11) is 0. The second-order valence-electron chi connectivity index (χ2n) is 3.79. The van der Waals surface area contributed by atoms with Crippen molar-refractivity contribution in [1.82, 2.24) is 0 Å². The van der Waals surface area contributed by atoms with Crippen molar-refractivity contribution in [1.29, 1.82) is 0 Å². The molecule has 2 aromatic carbocycles. The second-order valence-corrected chi connectivity index (χ2v) is 4.71. The van der Waals surface area contributed by atoms with Gasteiger partial charge in [-0.05, 0) is 42.5 Å². The molecule has 0 fully saturated rings. The Bertz CT molecular complexity index is 554. The fourth-order valence-corrected chi connectivity index (χ4v) is 1.92. The Labute approximate surface area is 113 Å². The number of Topliss-reactive ketones (excluding diaryl/α,β-unsaturated/α-hetero) is 1. The second kappa shape index (κ2) is 5.78. The summed E-state index contributed by atoms with van der Waals surface area (Å²) in [5.41, 5.74) is 1.36. The third kappa shape index (κ3) is 3.40. The summed E-state index contributed by atoms with van der Waals surface area (Å²) < 4.78 is 13.7. The maximum absolute atomic E-state index is 12.7. The number of halogens is 2. The Morgan fingerprint density at radius 1 is 1.17 bits per heavy atom. The van der Waals surface area contributed by atoms with Crippen LogP contribution in [0.25, 0.3) is 0 Å². The molecule has 0 radical (unpaired) electrons. The van der Waals surface area contributed by atoms with Crippen LogP contribution in [-0.2, 0) is 0 Å². The predicted octanol–water partition coefficient (Wildman–Crippen LogP) is 3.88. The van der Waals surface area contributed by atoms with Gasteiger partial charge < -0.3 is 5.32 Å². The molecule has 0 atom stereocenters. The number of carbonyl (C=O) groups is 1. The molecule has 1 N–H and O–H groups in total. The lowest BCUT2D eigenvalue weighted by molar-refractivity contribution is 0.101. The number of ketones is 1. The van der Waals surface area contributed by atoms with Gasteiger partial charge in [0, 0.05) is 15.7 Å². The van der Waals surface area contributed by atoms with Gasteiger partial charge in [0.15, 0.2) is 5.78 Å². The van der Waals surface area contributed by atoms with E-state index in [9.17, 15) is 9.18 Å². The first kappa shape index (κ1) is 12.8. The lowest BCUT2D eigenvalue weighted by Crippen LogP contribution is -2.13. The van der Waals surface area contributed by atoms with Crippen molar-refractivity contribution in [2.75, 3.05) is 11.9 Å². The van der Waals surface area contributed by atoms with Gasteiger partial charge in [-0.2, -0.15) is 0 Å². The van der Waals surface area contributed by atoms with Crippen molar-refractivity contribution in [3.63, 3.8) is 0 Å². The zero-order valence-electron chi connectivity index (χ0n) is 9.49. The van der Waals surface area contributed by atoms with E-state index in [2.05, 4.69) is 21.2 Å². The molecule has 4 heteroatoms. The summed E-state index contributed by atoms with van der Waals surface area (Å²) in [4.78, 5) is 11.8. The summed E-state index contributed by atoms with van der Waals surface area (Å²) in [5, 5.41) is 3.03. The molecule has 0 spiro atoms.